The number of nitrogens with one attached hydrogen (secondary N) is 1. The fourth-order valence-corrected chi connectivity index (χ4v) is 1.54. The molecule has 72 valence electrons. The van der Waals surface area contributed by atoms with E-state index >= 15 is 0 Å². The van der Waals surface area contributed by atoms with Gasteiger partial charge in [0.2, 0.25) is 0 Å². The van der Waals surface area contributed by atoms with Crippen molar-refractivity contribution in [3.8, 4) is 0 Å². The minimum Gasteiger partial charge on any atom is -0.362 e. The van der Waals surface area contributed by atoms with Gasteiger partial charge >= 0.3 is 0 Å². The minimum absolute atomic E-state index is 0.00870. The molecule has 0 spiro atoms. The van der Waals surface area contributed by atoms with Crippen LogP contribution in [0.2, 0.25) is 0 Å². The van der Waals surface area contributed by atoms with E-state index in [0.717, 1.165) is 5.70 Å². The van der Waals surface area contributed by atoms with Gasteiger partial charge in [-0.3, -0.25) is 0 Å². The highest BCUT2D eigenvalue weighted by molar-refractivity contribution is 5.35. The van der Waals surface area contributed by atoms with Gasteiger partial charge in [0.15, 0.2) is 0 Å². The topological polar surface area (TPSA) is 21.3 Å². The Balaban J connectivity index is 3.11. The van der Waals surface area contributed by atoms with Crippen LogP contribution in [-0.4, -0.2) is 13.3 Å². The molecule has 0 saturated carbocycles. The first-order chi connectivity index (χ1) is 6.11. The first-order valence-corrected chi connectivity index (χ1v) is 4.43. The summed E-state index contributed by atoms with van der Waals surface area (Å²) >= 11 is 0. The second-order valence-electron chi connectivity index (χ2n) is 3.79. The quantitative estimate of drug-likeness (QED) is 0.701. The van der Waals surface area contributed by atoms with Gasteiger partial charge in [0.1, 0.15) is 6.73 Å². The van der Waals surface area contributed by atoms with Crippen LogP contribution in [-0.2, 0) is 4.74 Å². The Morgan fingerprint density at radius 3 is 2.62 bits per heavy atom. The van der Waals surface area contributed by atoms with E-state index in [1.807, 2.05) is 12.2 Å². The Morgan fingerprint density at radius 1 is 1.38 bits per heavy atom. The third-order valence-electron chi connectivity index (χ3n) is 2.26. The molecule has 0 aliphatic carbocycles. The van der Waals surface area contributed by atoms with E-state index < -0.39 is 0 Å². The lowest BCUT2D eigenvalue weighted by Crippen LogP contribution is -2.20. The molecule has 0 amide bonds. The summed E-state index contributed by atoms with van der Waals surface area (Å²) in [6.07, 6.45) is 3.69. The molecular weight excluding hydrogens is 162 g/mol. The van der Waals surface area contributed by atoms with Crippen molar-refractivity contribution >= 4 is 0 Å². The van der Waals surface area contributed by atoms with E-state index in [1.165, 1.54) is 5.57 Å². The molecule has 1 heterocycles. The maximum absolute atomic E-state index is 5.43. The van der Waals surface area contributed by atoms with Crippen molar-refractivity contribution in [2.75, 3.05) is 13.3 Å². The molecule has 0 aromatic carbocycles. The summed E-state index contributed by atoms with van der Waals surface area (Å²) in [5.41, 5.74) is 2.20. The lowest BCUT2D eigenvalue weighted by molar-refractivity contribution is 0.0817. The van der Waals surface area contributed by atoms with E-state index in [2.05, 4.69) is 32.3 Å². The van der Waals surface area contributed by atoms with Crippen molar-refractivity contribution in [3.05, 3.63) is 36.6 Å². The molecule has 0 fully saturated rings. The number of rotatable bonds is 2. The summed E-state index contributed by atoms with van der Waals surface area (Å²) in [6, 6.07) is 0. The fourth-order valence-electron chi connectivity index (χ4n) is 1.54. The van der Waals surface area contributed by atoms with Crippen molar-refractivity contribution in [1.82, 2.24) is 5.32 Å². The van der Waals surface area contributed by atoms with Gasteiger partial charge in [0.25, 0.3) is 0 Å². The van der Waals surface area contributed by atoms with Gasteiger partial charge < -0.3 is 10.1 Å². The van der Waals surface area contributed by atoms with Gasteiger partial charge in [-0.1, -0.05) is 33.1 Å². The fraction of sp³-hybridized carbons (Fsp3) is 0.455. The lowest BCUT2D eigenvalue weighted by atomic mass is 9.84. The number of ether oxygens (including phenoxy) is 1. The molecular formula is C11H17NO. The van der Waals surface area contributed by atoms with Gasteiger partial charge in [-0.05, 0) is 11.6 Å². The summed E-state index contributed by atoms with van der Waals surface area (Å²) in [4.78, 5) is 0. The van der Waals surface area contributed by atoms with Crippen LogP contribution in [0.25, 0.3) is 0 Å². The molecule has 0 saturated heterocycles. The Kier molecular flexibility index (Phi) is 2.94. The van der Waals surface area contributed by atoms with Crippen LogP contribution in [0.1, 0.15) is 13.8 Å². The van der Waals surface area contributed by atoms with Crippen LogP contribution in [0.15, 0.2) is 36.6 Å². The molecule has 1 rings (SSSR count). The van der Waals surface area contributed by atoms with E-state index in [4.69, 9.17) is 4.74 Å². The molecule has 0 aromatic heterocycles. The molecule has 1 N–H and O–H groups in total. The monoisotopic (exact) mass is 179 g/mol. The Bertz CT molecular complexity index is 251. The van der Waals surface area contributed by atoms with E-state index in [9.17, 15) is 0 Å². The van der Waals surface area contributed by atoms with Crippen molar-refractivity contribution in [3.63, 3.8) is 0 Å². The molecule has 0 aromatic rings. The van der Waals surface area contributed by atoms with Gasteiger partial charge in [0, 0.05) is 11.1 Å². The van der Waals surface area contributed by atoms with Crippen LogP contribution in [0, 0.1) is 5.41 Å². The minimum atomic E-state index is 0.00870. The van der Waals surface area contributed by atoms with Gasteiger partial charge in [-0.2, -0.15) is 0 Å². The zero-order chi connectivity index (χ0) is 9.90. The highest BCUT2D eigenvalue weighted by atomic mass is 16.5. The van der Waals surface area contributed by atoms with Crippen molar-refractivity contribution < 1.29 is 4.74 Å². The molecule has 0 unspecified atom stereocenters. The average molecular weight is 179 g/mol. The molecule has 0 radical (unpaired) electrons. The first kappa shape index (κ1) is 10.1. The highest BCUT2D eigenvalue weighted by Crippen LogP contribution is 2.31. The number of hydrogen-bond acceptors (Lipinski definition) is 2. The molecule has 1 aliphatic heterocycles. The predicted octanol–water partition coefficient (Wildman–Crippen LogP) is 2.22. The normalized spacial score (nSPS) is 21.7. The van der Waals surface area contributed by atoms with Crippen LogP contribution in [0.4, 0.5) is 0 Å². The molecule has 2 nitrogen and oxygen atoms in total. The molecule has 1 aliphatic rings. The van der Waals surface area contributed by atoms with Crippen molar-refractivity contribution in [2.45, 2.75) is 13.8 Å². The number of hydrogen-bond donors (Lipinski definition) is 1. The summed E-state index contributed by atoms with van der Waals surface area (Å²) < 4.78 is 5.43. The van der Waals surface area contributed by atoms with Crippen LogP contribution in [0.5, 0.6) is 0 Å². The third kappa shape index (κ3) is 2.01. The zero-order valence-corrected chi connectivity index (χ0v) is 8.39. The largest absolute Gasteiger partial charge is 0.362 e. The smallest absolute Gasteiger partial charge is 0.116 e. The highest BCUT2D eigenvalue weighted by Gasteiger charge is 2.26. The Labute approximate surface area is 80.0 Å². The standard InChI is InChI=1S/C11H17NO/c1-5-9-10(6-2)12-8-13-7-11(9,3)4/h5-6,12H,1-2,7-8H2,3-4H3. The number of allylic oxidation sites excluding steroid dienone is 2. The maximum atomic E-state index is 5.43. The zero-order valence-electron chi connectivity index (χ0n) is 8.39. The molecule has 13 heavy (non-hydrogen) atoms. The molecule has 0 atom stereocenters. The first-order valence-electron chi connectivity index (χ1n) is 4.43. The summed E-state index contributed by atoms with van der Waals surface area (Å²) in [6.45, 7) is 13.1. The summed E-state index contributed by atoms with van der Waals surface area (Å²) in [5, 5.41) is 3.16. The van der Waals surface area contributed by atoms with Gasteiger partial charge in [-0.15, -0.1) is 0 Å². The van der Waals surface area contributed by atoms with Crippen LogP contribution >= 0.6 is 0 Å². The second-order valence-corrected chi connectivity index (χ2v) is 3.79. The Morgan fingerprint density at radius 2 is 2.08 bits per heavy atom. The summed E-state index contributed by atoms with van der Waals surface area (Å²) in [5.74, 6) is 0. The third-order valence-corrected chi connectivity index (χ3v) is 2.26. The SMILES string of the molecule is C=CC1=C(C=C)C(C)(C)COCN1. The van der Waals surface area contributed by atoms with Crippen LogP contribution in [0.3, 0.4) is 0 Å². The second kappa shape index (κ2) is 3.79. The van der Waals surface area contributed by atoms with E-state index in [-0.39, 0.29) is 5.41 Å². The van der Waals surface area contributed by atoms with Gasteiger partial charge in [0.05, 0.1) is 6.61 Å². The van der Waals surface area contributed by atoms with E-state index in [1.54, 1.807) is 0 Å². The maximum Gasteiger partial charge on any atom is 0.116 e. The molecule has 0 bridgehead atoms. The molecule has 2 heteroatoms. The predicted molar refractivity (Wildman–Crippen MR) is 55.2 cm³/mol. The van der Waals surface area contributed by atoms with E-state index in [0.29, 0.717) is 13.3 Å². The Hall–Kier alpha value is -1.02. The average Bonchev–Trinajstić information content (AvgIpc) is 2.22. The summed E-state index contributed by atoms with van der Waals surface area (Å²) in [7, 11) is 0. The van der Waals surface area contributed by atoms with Gasteiger partial charge in [-0.25, -0.2) is 0 Å². The van der Waals surface area contributed by atoms with Crippen molar-refractivity contribution in [1.29, 1.82) is 0 Å². The van der Waals surface area contributed by atoms with Crippen molar-refractivity contribution in [2.24, 2.45) is 5.41 Å². The van der Waals surface area contributed by atoms with Crippen LogP contribution < -0.4 is 5.32 Å². The lowest BCUT2D eigenvalue weighted by Gasteiger charge is -2.24.